The number of ether oxygens (including phenoxy) is 2. The van der Waals surface area contributed by atoms with E-state index < -0.39 is 12.2 Å². The van der Waals surface area contributed by atoms with Gasteiger partial charge >= 0.3 is 0 Å². The van der Waals surface area contributed by atoms with Crippen LogP contribution < -0.4 is 9.47 Å². The fourth-order valence-electron chi connectivity index (χ4n) is 1.59. The van der Waals surface area contributed by atoms with Gasteiger partial charge in [0.1, 0.15) is 6.10 Å². The number of unbranched alkanes of at least 4 members (excludes halogenated alkanes) is 1. The largest absolute Gasteiger partial charge is 0.493 e. The summed E-state index contributed by atoms with van der Waals surface area (Å²) in [5.74, 6) is 1.23. The second-order valence-corrected chi connectivity index (χ2v) is 4.30. The zero-order valence-electron chi connectivity index (χ0n) is 11.2. The van der Waals surface area contributed by atoms with Gasteiger partial charge < -0.3 is 19.7 Å². The van der Waals surface area contributed by atoms with E-state index in [-0.39, 0.29) is 0 Å². The molecule has 0 aliphatic carbocycles. The fourth-order valence-corrected chi connectivity index (χ4v) is 1.59. The maximum absolute atomic E-state index is 9.78. The van der Waals surface area contributed by atoms with Crippen LogP contribution in [0.4, 0.5) is 0 Å². The molecule has 0 aromatic heterocycles. The molecule has 4 nitrogen and oxygen atoms in total. The van der Waals surface area contributed by atoms with Crippen molar-refractivity contribution in [3.8, 4) is 11.5 Å². The molecular formula is C14H22O4. The van der Waals surface area contributed by atoms with E-state index >= 15 is 0 Å². The van der Waals surface area contributed by atoms with Crippen molar-refractivity contribution >= 4 is 0 Å². The van der Waals surface area contributed by atoms with Crippen LogP contribution in [0.25, 0.3) is 0 Å². The minimum atomic E-state index is -0.913. The second kappa shape index (κ2) is 7.24. The number of rotatable bonds is 7. The monoisotopic (exact) mass is 254 g/mol. The first-order valence-electron chi connectivity index (χ1n) is 6.27. The Labute approximate surface area is 108 Å². The molecule has 1 rings (SSSR count). The Morgan fingerprint density at radius 1 is 1.22 bits per heavy atom. The van der Waals surface area contributed by atoms with Crippen molar-refractivity contribution in [2.24, 2.45) is 0 Å². The Morgan fingerprint density at radius 3 is 2.50 bits per heavy atom. The molecule has 2 unspecified atom stereocenters. The Kier molecular flexibility index (Phi) is 5.95. The van der Waals surface area contributed by atoms with Crippen molar-refractivity contribution in [3.63, 3.8) is 0 Å². The molecule has 0 aliphatic heterocycles. The van der Waals surface area contributed by atoms with Gasteiger partial charge in [-0.05, 0) is 31.0 Å². The van der Waals surface area contributed by atoms with Gasteiger partial charge in [0.15, 0.2) is 11.5 Å². The molecule has 0 fully saturated rings. The van der Waals surface area contributed by atoms with E-state index in [2.05, 4.69) is 6.92 Å². The number of hydrogen-bond acceptors (Lipinski definition) is 4. The molecule has 0 spiro atoms. The Bertz CT molecular complexity index is 363. The second-order valence-electron chi connectivity index (χ2n) is 4.30. The van der Waals surface area contributed by atoms with Crippen molar-refractivity contribution in [2.75, 3.05) is 13.7 Å². The van der Waals surface area contributed by atoms with Gasteiger partial charge in [-0.25, -0.2) is 0 Å². The molecule has 1 aromatic rings. The Balaban J connectivity index is 2.82. The average molecular weight is 254 g/mol. The smallest absolute Gasteiger partial charge is 0.161 e. The Hall–Kier alpha value is -1.26. The van der Waals surface area contributed by atoms with Gasteiger partial charge in [0, 0.05) is 0 Å². The minimum Gasteiger partial charge on any atom is -0.493 e. The third kappa shape index (κ3) is 3.89. The van der Waals surface area contributed by atoms with E-state index in [0.29, 0.717) is 23.7 Å². The van der Waals surface area contributed by atoms with Crippen LogP contribution in [0.15, 0.2) is 18.2 Å². The van der Waals surface area contributed by atoms with Crippen LogP contribution in [0.1, 0.15) is 38.4 Å². The number of hydrogen-bond donors (Lipinski definition) is 2. The van der Waals surface area contributed by atoms with Gasteiger partial charge in [0.2, 0.25) is 0 Å². The molecule has 1 aromatic carbocycles. The molecule has 18 heavy (non-hydrogen) atoms. The highest BCUT2D eigenvalue weighted by Gasteiger charge is 2.16. The minimum absolute atomic E-state index is 0.573. The van der Waals surface area contributed by atoms with E-state index in [0.717, 1.165) is 12.8 Å². The first-order valence-corrected chi connectivity index (χ1v) is 6.27. The van der Waals surface area contributed by atoms with E-state index in [4.69, 9.17) is 9.47 Å². The zero-order chi connectivity index (χ0) is 13.5. The molecular weight excluding hydrogens is 232 g/mol. The van der Waals surface area contributed by atoms with E-state index in [1.807, 2.05) is 0 Å². The van der Waals surface area contributed by atoms with Gasteiger partial charge in [0.25, 0.3) is 0 Å². The van der Waals surface area contributed by atoms with E-state index in [1.165, 1.54) is 0 Å². The van der Waals surface area contributed by atoms with Crippen LogP contribution in [-0.4, -0.2) is 30.0 Å². The summed E-state index contributed by atoms with van der Waals surface area (Å²) in [6.07, 6.45) is 0.327. The summed E-state index contributed by atoms with van der Waals surface area (Å²) in [6.45, 7) is 4.29. The highest BCUT2D eigenvalue weighted by molar-refractivity contribution is 5.43. The lowest BCUT2D eigenvalue weighted by atomic mass is 10.0. The number of benzene rings is 1. The molecule has 0 saturated carbocycles. The lowest BCUT2D eigenvalue weighted by Crippen LogP contribution is -2.13. The van der Waals surface area contributed by atoms with Gasteiger partial charge in [0.05, 0.1) is 19.8 Å². The molecule has 0 aliphatic rings. The zero-order valence-corrected chi connectivity index (χ0v) is 11.2. The molecule has 0 saturated heterocycles. The molecule has 4 heteroatoms. The summed E-state index contributed by atoms with van der Waals surface area (Å²) in [5.41, 5.74) is 0.615. The number of methoxy groups -OCH3 is 1. The van der Waals surface area contributed by atoms with Crippen molar-refractivity contribution in [2.45, 2.75) is 38.9 Å². The molecule has 0 heterocycles. The topological polar surface area (TPSA) is 58.9 Å². The van der Waals surface area contributed by atoms with Crippen molar-refractivity contribution in [1.82, 2.24) is 0 Å². The van der Waals surface area contributed by atoms with Crippen molar-refractivity contribution in [3.05, 3.63) is 23.8 Å². The fraction of sp³-hybridized carbons (Fsp3) is 0.571. The number of aliphatic hydroxyl groups excluding tert-OH is 2. The molecule has 0 amide bonds. The Morgan fingerprint density at radius 2 is 1.94 bits per heavy atom. The lowest BCUT2D eigenvalue weighted by molar-refractivity contribution is 0.0304. The van der Waals surface area contributed by atoms with Gasteiger partial charge in [-0.3, -0.25) is 0 Å². The average Bonchev–Trinajstić information content (AvgIpc) is 2.38. The van der Waals surface area contributed by atoms with Crippen LogP contribution in [0.3, 0.4) is 0 Å². The molecule has 0 bridgehead atoms. The SMILES string of the molecule is CCCCOc1ccc(C(O)C(C)O)cc1OC. The van der Waals surface area contributed by atoms with Crippen molar-refractivity contribution < 1.29 is 19.7 Å². The first-order chi connectivity index (χ1) is 8.60. The standard InChI is InChI=1S/C14H22O4/c1-4-5-8-18-12-7-6-11(9-13(12)17-3)14(16)10(2)15/h6-7,9-10,14-16H,4-5,8H2,1-3H3. The molecule has 2 N–H and O–H groups in total. The summed E-state index contributed by atoms with van der Waals surface area (Å²) in [7, 11) is 1.56. The highest BCUT2D eigenvalue weighted by atomic mass is 16.5. The van der Waals surface area contributed by atoms with Crippen LogP contribution in [0.5, 0.6) is 11.5 Å². The summed E-state index contributed by atoms with van der Waals surface area (Å²) in [4.78, 5) is 0. The summed E-state index contributed by atoms with van der Waals surface area (Å²) >= 11 is 0. The van der Waals surface area contributed by atoms with Crippen molar-refractivity contribution in [1.29, 1.82) is 0 Å². The maximum atomic E-state index is 9.78. The third-order valence-corrected chi connectivity index (χ3v) is 2.74. The highest BCUT2D eigenvalue weighted by Crippen LogP contribution is 2.31. The number of aliphatic hydroxyl groups is 2. The molecule has 102 valence electrons. The van der Waals surface area contributed by atoms with Gasteiger partial charge in [-0.2, -0.15) is 0 Å². The third-order valence-electron chi connectivity index (χ3n) is 2.74. The van der Waals surface area contributed by atoms with Gasteiger partial charge in [-0.15, -0.1) is 0 Å². The van der Waals surface area contributed by atoms with E-state index in [1.54, 1.807) is 32.2 Å². The first kappa shape index (κ1) is 14.8. The lowest BCUT2D eigenvalue weighted by Gasteiger charge is -2.16. The van der Waals surface area contributed by atoms with Gasteiger partial charge in [-0.1, -0.05) is 19.4 Å². The summed E-state index contributed by atoms with van der Waals surface area (Å²) in [5, 5.41) is 19.1. The predicted molar refractivity (Wildman–Crippen MR) is 70.0 cm³/mol. The van der Waals surface area contributed by atoms with Crippen LogP contribution in [0, 0.1) is 0 Å². The van der Waals surface area contributed by atoms with Crippen LogP contribution in [-0.2, 0) is 0 Å². The summed E-state index contributed by atoms with van der Waals surface area (Å²) in [6, 6.07) is 5.19. The predicted octanol–water partition coefficient (Wildman–Crippen LogP) is 2.29. The van der Waals surface area contributed by atoms with E-state index in [9.17, 15) is 10.2 Å². The molecule has 2 atom stereocenters. The summed E-state index contributed by atoms with van der Waals surface area (Å²) < 4.78 is 10.8. The van der Waals surface area contributed by atoms with Crippen LogP contribution >= 0.6 is 0 Å². The normalized spacial score (nSPS) is 14.1. The molecule has 0 radical (unpaired) electrons. The quantitative estimate of drug-likeness (QED) is 0.733. The van der Waals surface area contributed by atoms with Crippen LogP contribution in [0.2, 0.25) is 0 Å². The maximum Gasteiger partial charge on any atom is 0.161 e.